The number of hydrogen-bond acceptors (Lipinski definition) is 4. The maximum atomic E-state index is 13.2. The maximum Gasteiger partial charge on any atom is 0.266 e. The van der Waals surface area contributed by atoms with Gasteiger partial charge in [0.2, 0.25) is 0 Å². The summed E-state index contributed by atoms with van der Waals surface area (Å²) >= 11 is 7.10. The summed E-state index contributed by atoms with van der Waals surface area (Å²) in [5.41, 5.74) is 2.30. The number of benzene rings is 2. The van der Waals surface area contributed by atoms with E-state index >= 15 is 0 Å². The number of thiophene rings is 1. The number of aryl methyl sites for hydroxylation is 1. The summed E-state index contributed by atoms with van der Waals surface area (Å²) in [4.78, 5) is 30.1. The molecule has 0 aliphatic carbocycles. The minimum atomic E-state index is -0.522. The number of rotatable bonds is 4. The lowest BCUT2D eigenvalue weighted by atomic mass is 10.1. The number of aromatic nitrogens is 1. The Morgan fingerprint density at radius 3 is 2.67 bits per heavy atom. The number of amides is 2. The zero-order valence-corrected chi connectivity index (χ0v) is 17.3. The number of fused-ring (bicyclic) bond motifs is 1. The first-order valence-corrected chi connectivity index (χ1v) is 10.1. The molecule has 0 fully saturated rings. The third-order valence-electron chi connectivity index (χ3n) is 4.43. The van der Waals surface area contributed by atoms with Gasteiger partial charge in [-0.25, -0.2) is 4.39 Å². The van der Waals surface area contributed by atoms with Crippen molar-refractivity contribution < 1.29 is 14.0 Å². The standard InChI is InChI=1S/C22H15ClFN3O2S/c1-12-10-19(27-21(28)14-8-7-13(24)11-16(14)23)30-20(12)22(29)26-18-6-2-5-17-15(18)4-3-9-25-17/h2-11H,1H3,(H,26,29)(H,27,28). The summed E-state index contributed by atoms with van der Waals surface area (Å²) in [7, 11) is 0. The van der Waals surface area contributed by atoms with E-state index < -0.39 is 11.7 Å². The van der Waals surface area contributed by atoms with Gasteiger partial charge >= 0.3 is 0 Å². The number of carbonyl (C=O) groups is 2. The molecule has 2 aromatic heterocycles. The second-order valence-electron chi connectivity index (χ2n) is 6.53. The fraction of sp³-hybridized carbons (Fsp3) is 0.0455. The average molecular weight is 440 g/mol. The monoisotopic (exact) mass is 439 g/mol. The number of halogens is 2. The van der Waals surface area contributed by atoms with Crippen molar-refractivity contribution in [3.05, 3.63) is 87.6 Å². The molecule has 0 spiro atoms. The third kappa shape index (κ3) is 4.03. The van der Waals surface area contributed by atoms with Gasteiger partial charge in [0.1, 0.15) is 5.82 Å². The maximum absolute atomic E-state index is 13.2. The molecule has 2 amide bonds. The smallest absolute Gasteiger partial charge is 0.266 e. The Labute approximate surface area is 180 Å². The fourth-order valence-corrected chi connectivity index (χ4v) is 4.23. The number of hydrogen-bond donors (Lipinski definition) is 2. The van der Waals surface area contributed by atoms with Gasteiger partial charge in [0, 0.05) is 11.6 Å². The minimum absolute atomic E-state index is 0.0170. The Bertz CT molecular complexity index is 1280. The zero-order chi connectivity index (χ0) is 21.3. The second-order valence-corrected chi connectivity index (χ2v) is 7.99. The summed E-state index contributed by atoms with van der Waals surface area (Å²) in [6.07, 6.45) is 1.69. The van der Waals surface area contributed by atoms with Crippen LogP contribution in [0.5, 0.6) is 0 Å². The van der Waals surface area contributed by atoms with Crippen LogP contribution in [0.2, 0.25) is 5.02 Å². The van der Waals surface area contributed by atoms with E-state index in [9.17, 15) is 14.0 Å². The molecule has 0 unspecified atom stereocenters. The predicted molar refractivity (Wildman–Crippen MR) is 118 cm³/mol. The van der Waals surface area contributed by atoms with E-state index in [2.05, 4.69) is 15.6 Å². The number of anilines is 2. The molecule has 0 saturated heterocycles. The van der Waals surface area contributed by atoms with Gasteiger partial charge in [-0.1, -0.05) is 17.7 Å². The molecule has 150 valence electrons. The molecule has 0 radical (unpaired) electrons. The van der Waals surface area contributed by atoms with Crippen LogP contribution < -0.4 is 10.6 Å². The van der Waals surface area contributed by atoms with Gasteiger partial charge in [-0.3, -0.25) is 14.6 Å². The molecule has 30 heavy (non-hydrogen) atoms. The van der Waals surface area contributed by atoms with Gasteiger partial charge < -0.3 is 10.6 Å². The van der Waals surface area contributed by atoms with Gasteiger partial charge in [0.15, 0.2) is 0 Å². The molecule has 4 rings (SSSR count). The molecule has 2 heterocycles. The normalized spacial score (nSPS) is 10.8. The van der Waals surface area contributed by atoms with Crippen LogP contribution in [0, 0.1) is 12.7 Å². The lowest BCUT2D eigenvalue weighted by molar-refractivity contribution is 0.102. The second kappa shape index (κ2) is 8.22. The Balaban J connectivity index is 1.54. The highest BCUT2D eigenvalue weighted by molar-refractivity contribution is 7.18. The highest BCUT2D eigenvalue weighted by atomic mass is 35.5. The van der Waals surface area contributed by atoms with Crippen molar-refractivity contribution in [1.29, 1.82) is 0 Å². The lowest BCUT2D eigenvalue weighted by Crippen LogP contribution is -2.12. The number of nitrogens with one attached hydrogen (secondary N) is 2. The van der Waals surface area contributed by atoms with Gasteiger partial charge in [-0.05, 0) is 61.0 Å². The van der Waals surface area contributed by atoms with E-state index in [4.69, 9.17) is 11.6 Å². The number of nitrogens with zero attached hydrogens (tertiary/aromatic N) is 1. The quantitative estimate of drug-likeness (QED) is 0.415. The molecular weight excluding hydrogens is 425 g/mol. The van der Waals surface area contributed by atoms with E-state index in [-0.39, 0.29) is 16.5 Å². The summed E-state index contributed by atoms with van der Waals surface area (Å²) in [6.45, 7) is 1.79. The van der Waals surface area contributed by atoms with E-state index in [1.165, 1.54) is 12.1 Å². The van der Waals surface area contributed by atoms with Crippen LogP contribution in [0.25, 0.3) is 10.9 Å². The fourth-order valence-electron chi connectivity index (χ4n) is 3.01. The lowest BCUT2D eigenvalue weighted by Gasteiger charge is -2.08. The highest BCUT2D eigenvalue weighted by Gasteiger charge is 2.18. The van der Waals surface area contributed by atoms with E-state index in [1.807, 2.05) is 30.3 Å². The van der Waals surface area contributed by atoms with Crippen LogP contribution in [0.15, 0.2) is 60.8 Å². The minimum Gasteiger partial charge on any atom is -0.321 e. The summed E-state index contributed by atoms with van der Waals surface area (Å²) < 4.78 is 13.2. The molecule has 2 aromatic carbocycles. The predicted octanol–water partition coefficient (Wildman–Crippen LogP) is 5.90. The van der Waals surface area contributed by atoms with Gasteiger partial charge in [-0.2, -0.15) is 0 Å². The summed E-state index contributed by atoms with van der Waals surface area (Å²) in [5, 5.41) is 6.96. The summed E-state index contributed by atoms with van der Waals surface area (Å²) in [6, 6.07) is 14.5. The number of carbonyl (C=O) groups excluding carboxylic acids is 2. The molecule has 0 aliphatic heterocycles. The zero-order valence-electron chi connectivity index (χ0n) is 15.7. The average Bonchev–Trinajstić information content (AvgIpc) is 3.08. The van der Waals surface area contributed by atoms with Crippen LogP contribution in [0.1, 0.15) is 25.6 Å². The molecule has 2 N–H and O–H groups in total. The van der Waals surface area contributed by atoms with Gasteiger partial charge in [-0.15, -0.1) is 11.3 Å². The Morgan fingerprint density at radius 1 is 1.03 bits per heavy atom. The Morgan fingerprint density at radius 2 is 1.87 bits per heavy atom. The van der Waals surface area contributed by atoms with E-state index in [0.29, 0.717) is 15.6 Å². The van der Waals surface area contributed by atoms with Crippen LogP contribution >= 0.6 is 22.9 Å². The van der Waals surface area contributed by atoms with Crippen molar-refractivity contribution in [3.8, 4) is 0 Å². The SMILES string of the molecule is Cc1cc(NC(=O)c2ccc(F)cc2Cl)sc1C(=O)Nc1cccc2ncccc12. The van der Waals surface area contributed by atoms with Crippen LogP contribution in [0.3, 0.4) is 0 Å². The van der Waals surface area contributed by atoms with E-state index in [1.54, 1.807) is 19.2 Å². The van der Waals surface area contributed by atoms with Gasteiger partial charge in [0.05, 0.1) is 31.7 Å². The first-order chi connectivity index (χ1) is 14.4. The van der Waals surface area contributed by atoms with Crippen molar-refractivity contribution >= 4 is 56.3 Å². The molecule has 0 aliphatic rings. The van der Waals surface area contributed by atoms with Crippen molar-refractivity contribution in [2.45, 2.75) is 6.92 Å². The van der Waals surface area contributed by atoms with Crippen molar-refractivity contribution in [2.75, 3.05) is 10.6 Å². The van der Waals surface area contributed by atoms with Gasteiger partial charge in [0.25, 0.3) is 11.8 Å². The first kappa shape index (κ1) is 20.0. The van der Waals surface area contributed by atoms with Crippen molar-refractivity contribution in [2.24, 2.45) is 0 Å². The first-order valence-electron chi connectivity index (χ1n) is 8.94. The van der Waals surface area contributed by atoms with Crippen molar-refractivity contribution in [3.63, 3.8) is 0 Å². The molecular formula is C22H15ClFN3O2S. The Kier molecular flexibility index (Phi) is 5.48. The molecule has 5 nitrogen and oxygen atoms in total. The Hall–Kier alpha value is -3.29. The molecule has 0 atom stereocenters. The summed E-state index contributed by atoms with van der Waals surface area (Å²) in [5.74, 6) is -1.28. The highest BCUT2D eigenvalue weighted by Crippen LogP contribution is 2.30. The van der Waals surface area contributed by atoms with Crippen molar-refractivity contribution in [1.82, 2.24) is 4.98 Å². The molecule has 4 aromatic rings. The third-order valence-corrected chi connectivity index (χ3v) is 5.89. The topological polar surface area (TPSA) is 71.1 Å². The van der Waals surface area contributed by atoms with Crippen LogP contribution in [-0.2, 0) is 0 Å². The van der Waals surface area contributed by atoms with Crippen LogP contribution in [0.4, 0.5) is 15.1 Å². The molecule has 0 bridgehead atoms. The molecule has 8 heteroatoms. The molecule has 0 saturated carbocycles. The van der Waals surface area contributed by atoms with Crippen LogP contribution in [-0.4, -0.2) is 16.8 Å². The largest absolute Gasteiger partial charge is 0.321 e. The van der Waals surface area contributed by atoms with E-state index in [0.717, 1.165) is 33.9 Å². The number of pyridine rings is 1.